The van der Waals surface area contributed by atoms with Crippen molar-refractivity contribution >= 4 is 31.3 Å². The van der Waals surface area contributed by atoms with E-state index in [1.54, 1.807) is 26.0 Å². The summed E-state index contributed by atoms with van der Waals surface area (Å²) in [5, 5.41) is 13.8. The summed E-state index contributed by atoms with van der Waals surface area (Å²) in [7, 11) is -4.20. The molecule has 0 bridgehead atoms. The van der Waals surface area contributed by atoms with Gasteiger partial charge in [-0.2, -0.15) is 0 Å². The van der Waals surface area contributed by atoms with Crippen molar-refractivity contribution < 1.29 is 43.2 Å². The van der Waals surface area contributed by atoms with Crippen LogP contribution in [0.5, 0.6) is 0 Å². The van der Waals surface area contributed by atoms with Gasteiger partial charge in [0.15, 0.2) is 0 Å². The number of ether oxygens (including phenoxy) is 2. The zero-order chi connectivity index (χ0) is 29.2. The summed E-state index contributed by atoms with van der Waals surface area (Å²) in [6.07, 6.45) is -1.56. The molecule has 4 N–H and O–H groups in total. The first-order chi connectivity index (χ1) is 18.3. The lowest BCUT2D eigenvalue weighted by molar-refractivity contribution is -0.155. The molecule has 0 fully saturated rings. The minimum Gasteiger partial charge on any atom is -0.480 e. The zero-order valence-corrected chi connectivity index (χ0v) is 23.2. The van der Waals surface area contributed by atoms with E-state index in [1.807, 2.05) is 42.5 Å². The van der Waals surface area contributed by atoms with Gasteiger partial charge in [-0.3, -0.25) is 18.9 Å². The van der Waals surface area contributed by atoms with Gasteiger partial charge in [-0.1, -0.05) is 68.4 Å². The van der Waals surface area contributed by atoms with Crippen LogP contribution in [0, 0.1) is 11.8 Å². The van der Waals surface area contributed by atoms with Crippen molar-refractivity contribution in [3.63, 3.8) is 0 Å². The molecule has 12 heteroatoms. The van der Waals surface area contributed by atoms with Crippen LogP contribution < -0.4 is 10.6 Å². The molecule has 2 amide bonds. The fourth-order valence-electron chi connectivity index (χ4n) is 3.48. The summed E-state index contributed by atoms with van der Waals surface area (Å²) in [6.45, 7) is 5.12. The number of alkyl carbamates (subject to hydrolysis) is 1. The van der Waals surface area contributed by atoms with Crippen molar-refractivity contribution in [2.75, 3.05) is 13.0 Å². The Bertz CT molecular complexity index is 1190. The summed E-state index contributed by atoms with van der Waals surface area (Å²) in [5.41, 5.74) is 2.65. The number of rotatable bonds is 13. The van der Waals surface area contributed by atoms with E-state index >= 15 is 0 Å². The minimum atomic E-state index is -4.20. The van der Waals surface area contributed by atoms with Gasteiger partial charge in [0.05, 0.1) is 11.8 Å². The van der Waals surface area contributed by atoms with Crippen LogP contribution in [0.3, 0.4) is 0 Å². The Hall–Kier alpha value is -3.69. The van der Waals surface area contributed by atoms with Gasteiger partial charge in [-0.05, 0) is 37.0 Å². The van der Waals surface area contributed by atoms with Gasteiger partial charge < -0.3 is 30.1 Å². The van der Waals surface area contributed by atoms with Gasteiger partial charge in [0.25, 0.3) is 0 Å². The number of benzene rings is 2. The molecule has 212 valence electrons. The molecule has 0 saturated carbocycles. The highest BCUT2D eigenvalue weighted by atomic mass is 31.2. The number of nitrogens with one attached hydrogen (secondary N) is 2. The highest BCUT2D eigenvalue weighted by Gasteiger charge is 2.35. The smallest absolute Gasteiger partial charge is 0.410 e. The second kappa shape index (κ2) is 14.5. The van der Waals surface area contributed by atoms with Gasteiger partial charge in [0.2, 0.25) is 20.1 Å². The normalized spacial score (nSPS) is 14.8. The van der Waals surface area contributed by atoms with Crippen molar-refractivity contribution in [2.45, 2.75) is 45.9 Å². The molecule has 2 aromatic carbocycles. The largest absolute Gasteiger partial charge is 0.480 e. The Morgan fingerprint density at radius 3 is 2.03 bits per heavy atom. The zero-order valence-electron chi connectivity index (χ0n) is 22.3. The van der Waals surface area contributed by atoms with Gasteiger partial charge in [0, 0.05) is 6.16 Å². The first kappa shape index (κ1) is 31.5. The van der Waals surface area contributed by atoms with E-state index in [2.05, 4.69) is 10.6 Å². The standard InChI is InChI=1S/C27H35N2O9P/c1-17(2)26(33)37-16-38-27(34)29-19(4)39(35,36)15-23(24(30)28-18(3)25(31)32)14-20-10-12-22(13-11-20)21-8-6-5-7-9-21/h5-13,17-19,23H,14-16H2,1-4H3,(H,28,30)(H,29,34)(H,31,32)(H,35,36)/t18-,19+,23+/m0/s1. The van der Waals surface area contributed by atoms with E-state index in [4.69, 9.17) is 9.47 Å². The second-order valence-electron chi connectivity index (χ2n) is 9.46. The van der Waals surface area contributed by atoms with Crippen LogP contribution in [-0.2, 0) is 34.8 Å². The summed E-state index contributed by atoms with van der Waals surface area (Å²) in [4.78, 5) is 58.5. The Balaban J connectivity index is 2.12. The molecule has 2 rings (SSSR count). The number of amides is 2. The second-order valence-corrected chi connectivity index (χ2v) is 12.1. The number of carbonyl (C=O) groups excluding carboxylic acids is 3. The van der Waals surface area contributed by atoms with Crippen LogP contribution in [0.25, 0.3) is 11.1 Å². The molecule has 11 nitrogen and oxygen atoms in total. The van der Waals surface area contributed by atoms with E-state index in [9.17, 15) is 33.7 Å². The molecule has 39 heavy (non-hydrogen) atoms. The molecule has 0 radical (unpaired) electrons. The summed E-state index contributed by atoms with van der Waals surface area (Å²) < 4.78 is 22.7. The molecular formula is C27H35N2O9P. The van der Waals surface area contributed by atoms with E-state index < -0.39 is 67.9 Å². The maximum absolute atomic E-state index is 13.2. The lowest BCUT2D eigenvalue weighted by Gasteiger charge is -2.25. The van der Waals surface area contributed by atoms with Crippen LogP contribution in [-0.4, -0.2) is 58.7 Å². The van der Waals surface area contributed by atoms with Crippen molar-refractivity contribution in [1.29, 1.82) is 0 Å². The predicted molar refractivity (Wildman–Crippen MR) is 144 cm³/mol. The van der Waals surface area contributed by atoms with Gasteiger partial charge in [-0.25, -0.2) is 4.79 Å². The quantitative estimate of drug-likeness (QED) is 0.162. The van der Waals surface area contributed by atoms with E-state index in [-0.39, 0.29) is 6.42 Å². The number of carboxylic acid groups (broad SMARTS) is 1. The Morgan fingerprint density at radius 2 is 1.46 bits per heavy atom. The molecule has 0 spiro atoms. The molecule has 1 unspecified atom stereocenters. The predicted octanol–water partition coefficient (Wildman–Crippen LogP) is 3.60. The maximum atomic E-state index is 13.2. The average Bonchev–Trinajstić information content (AvgIpc) is 2.88. The summed E-state index contributed by atoms with van der Waals surface area (Å²) in [6, 6.07) is 15.7. The monoisotopic (exact) mass is 562 g/mol. The van der Waals surface area contributed by atoms with Gasteiger partial charge >= 0.3 is 18.0 Å². The molecule has 0 aliphatic carbocycles. The first-order valence-electron chi connectivity index (χ1n) is 12.4. The number of hydrogen-bond acceptors (Lipinski definition) is 7. The minimum absolute atomic E-state index is 0.0557. The average molecular weight is 563 g/mol. The van der Waals surface area contributed by atoms with E-state index in [1.165, 1.54) is 13.8 Å². The lowest BCUT2D eigenvalue weighted by Crippen LogP contribution is -2.44. The van der Waals surface area contributed by atoms with Crippen LogP contribution in [0.2, 0.25) is 0 Å². The third-order valence-corrected chi connectivity index (χ3v) is 8.22. The third kappa shape index (κ3) is 10.2. The molecule has 0 saturated heterocycles. The SMILES string of the molecule is CC(C)C(=O)OCOC(=O)N[C@@H](C)P(=O)(O)C[C@@H](Cc1ccc(-c2ccccc2)cc1)C(=O)N[C@@H](C)C(=O)O. The summed E-state index contributed by atoms with van der Waals surface area (Å²) >= 11 is 0. The highest BCUT2D eigenvalue weighted by molar-refractivity contribution is 7.58. The van der Waals surface area contributed by atoms with Gasteiger partial charge in [0.1, 0.15) is 11.8 Å². The molecule has 0 aromatic heterocycles. The van der Waals surface area contributed by atoms with Gasteiger partial charge in [-0.15, -0.1) is 0 Å². The lowest BCUT2D eigenvalue weighted by atomic mass is 9.97. The number of esters is 1. The maximum Gasteiger partial charge on any atom is 0.410 e. The van der Waals surface area contributed by atoms with E-state index in [0.29, 0.717) is 5.56 Å². The van der Waals surface area contributed by atoms with Crippen LogP contribution >= 0.6 is 7.37 Å². The van der Waals surface area contributed by atoms with E-state index in [0.717, 1.165) is 11.1 Å². The number of hydrogen-bond donors (Lipinski definition) is 4. The van der Waals surface area contributed by atoms with Crippen LogP contribution in [0.1, 0.15) is 33.3 Å². The Kier molecular flexibility index (Phi) is 11.7. The number of carboxylic acids is 1. The van der Waals surface area contributed by atoms with Crippen molar-refractivity contribution in [1.82, 2.24) is 10.6 Å². The molecular weight excluding hydrogens is 527 g/mol. The molecule has 0 heterocycles. The fourth-order valence-corrected chi connectivity index (χ4v) is 5.03. The van der Waals surface area contributed by atoms with Crippen molar-refractivity contribution in [3.05, 3.63) is 60.2 Å². The Morgan fingerprint density at radius 1 is 0.872 bits per heavy atom. The topological polar surface area (TPSA) is 168 Å². The molecule has 0 aliphatic heterocycles. The molecule has 4 atom stereocenters. The highest BCUT2D eigenvalue weighted by Crippen LogP contribution is 2.47. The fraction of sp³-hybridized carbons (Fsp3) is 0.407. The first-order valence-corrected chi connectivity index (χ1v) is 14.3. The molecule has 2 aromatic rings. The van der Waals surface area contributed by atoms with Crippen LogP contribution in [0.4, 0.5) is 4.79 Å². The van der Waals surface area contributed by atoms with Crippen molar-refractivity contribution in [3.8, 4) is 11.1 Å². The van der Waals surface area contributed by atoms with Crippen molar-refractivity contribution in [2.24, 2.45) is 11.8 Å². The number of aliphatic carboxylic acids is 1. The van der Waals surface area contributed by atoms with Crippen LogP contribution in [0.15, 0.2) is 54.6 Å². The Labute approximate surface area is 227 Å². The molecule has 0 aliphatic rings. The summed E-state index contributed by atoms with van der Waals surface area (Å²) in [5.74, 6) is -5.34. The number of carbonyl (C=O) groups is 4. The third-order valence-electron chi connectivity index (χ3n) is 5.92.